The number of imide groups is 1. The summed E-state index contributed by atoms with van der Waals surface area (Å²) in [6, 6.07) is 10.8. The Bertz CT molecular complexity index is 780. The number of carbonyl (C=O) groups excluding carboxylic acids is 2. The molecule has 1 aromatic carbocycles. The Hall–Kier alpha value is -2.74. The molecule has 0 unspecified atom stereocenters. The molecule has 1 aromatic heterocycles. The molecule has 1 fully saturated rings. The smallest absolute Gasteiger partial charge is 0.286 e. The number of aromatic nitrogens is 1. The van der Waals surface area contributed by atoms with Crippen LogP contribution >= 0.6 is 11.8 Å². The Kier molecular flexibility index (Phi) is 5.62. The molecule has 2 aromatic rings. The lowest BCUT2D eigenvalue weighted by Crippen LogP contribution is -2.25. The van der Waals surface area contributed by atoms with Gasteiger partial charge in [0.15, 0.2) is 0 Å². The molecule has 7 nitrogen and oxygen atoms in total. The molecule has 0 radical (unpaired) electrons. The average molecular weight is 373 g/mol. The Balaban J connectivity index is 1.46. The summed E-state index contributed by atoms with van der Waals surface area (Å²) in [5.41, 5.74) is 0.977. The van der Waals surface area contributed by atoms with Gasteiger partial charge >= 0.3 is 0 Å². The van der Waals surface area contributed by atoms with Gasteiger partial charge < -0.3 is 14.7 Å². The van der Waals surface area contributed by atoms with Crippen LogP contribution in [-0.2, 0) is 11.2 Å². The van der Waals surface area contributed by atoms with Crippen LogP contribution in [0.5, 0.6) is 11.5 Å². The number of anilines is 1. The summed E-state index contributed by atoms with van der Waals surface area (Å²) >= 11 is 1.03. The lowest BCUT2D eigenvalue weighted by molar-refractivity contribution is -0.118. The number of amides is 2. The van der Waals surface area contributed by atoms with E-state index in [4.69, 9.17) is 4.74 Å². The first-order valence-electron chi connectivity index (χ1n) is 8.10. The minimum atomic E-state index is -0.360. The van der Waals surface area contributed by atoms with Gasteiger partial charge in [0.1, 0.15) is 23.9 Å². The molecular formula is C18H19N3O4S. The Morgan fingerprint density at radius 3 is 2.62 bits per heavy atom. The number of rotatable bonds is 7. The highest BCUT2D eigenvalue weighted by Crippen LogP contribution is 2.24. The minimum Gasteiger partial charge on any atom is -0.506 e. The highest BCUT2D eigenvalue weighted by atomic mass is 32.2. The largest absolute Gasteiger partial charge is 0.506 e. The van der Waals surface area contributed by atoms with Gasteiger partial charge in [-0.05, 0) is 36.2 Å². The fraction of sp³-hybridized carbons (Fsp3) is 0.278. The molecule has 1 atom stereocenters. The topological polar surface area (TPSA) is 91.8 Å². The van der Waals surface area contributed by atoms with E-state index < -0.39 is 0 Å². The van der Waals surface area contributed by atoms with Gasteiger partial charge in [-0.2, -0.15) is 0 Å². The van der Waals surface area contributed by atoms with Crippen LogP contribution in [0.25, 0.3) is 0 Å². The van der Waals surface area contributed by atoms with E-state index >= 15 is 0 Å². The van der Waals surface area contributed by atoms with E-state index in [0.717, 1.165) is 28.9 Å². The first-order valence-corrected chi connectivity index (χ1v) is 8.98. The molecule has 1 aliphatic rings. The fourth-order valence-corrected chi connectivity index (χ4v) is 3.34. The lowest BCUT2D eigenvalue weighted by atomic mass is 10.1. The van der Waals surface area contributed by atoms with Crippen LogP contribution in [0, 0.1) is 0 Å². The zero-order valence-electron chi connectivity index (χ0n) is 14.2. The zero-order chi connectivity index (χ0) is 18.5. The summed E-state index contributed by atoms with van der Waals surface area (Å²) < 4.78 is 5.73. The summed E-state index contributed by atoms with van der Waals surface area (Å²) in [7, 11) is 1.90. The van der Waals surface area contributed by atoms with Crippen molar-refractivity contribution in [1.82, 2.24) is 10.3 Å². The number of benzene rings is 1. The van der Waals surface area contributed by atoms with Gasteiger partial charge in [-0.15, -0.1) is 0 Å². The molecule has 0 spiro atoms. The van der Waals surface area contributed by atoms with Crippen molar-refractivity contribution in [3.05, 3.63) is 48.2 Å². The maximum absolute atomic E-state index is 11.6. The quantitative estimate of drug-likeness (QED) is 0.769. The number of hydrogen-bond acceptors (Lipinski definition) is 7. The fourth-order valence-electron chi connectivity index (χ4n) is 2.48. The summed E-state index contributed by atoms with van der Waals surface area (Å²) in [5.74, 6) is 1.39. The molecule has 1 saturated heterocycles. The van der Waals surface area contributed by atoms with Gasteiger partial charge in [0, 0.05) is 7.05 Å². The second kappa shape index (κ2) is 8.09. The molecule has 1 aliphatic heterocycles. The summed E-state index contributed by atoms with van der Waals surface area (Å²) in [4.78, 5) is 28.9. The molecule has 2 amide bonds. The molecule has 0 bridgehead atoms. The van der Waals surface area contributed by atoms with Crippen molar-refractivity contribution >= 4 is 28.7 Å². The molecule has 0 saturated carbocycles. The summed E-state index contributed by atoms with van der Waals surface area (Å²) in [6.45, 7) is 1.12. The Morgan fingerprint density at radius 1 is 1.23 bits per heavy atom. The predicted molar refractivity (Wildman–Crippen MR) is 99.7 cm³/mol. The van der Waals surface area contributed by atoms with Crippen molar-refractivity contribution in [2.75, 3.05) is 25.1 Å². The summed E-state index contributed by atoms with van der Waals surface area (Å²) in [5, 5.41) is 10.9. The minimum absolute atomic E-state index is 0.136. The number of ether oxygens (including phenoxy) is 1. The second-order valence-corrected chi connectivity index (χ2v) is 7.05. The lowest BCUT2D eigenvalue weighted by Gasteiger charge is -2.18. The number of pyridine rings is 1. The second-order valence-electron chi connectivity index (χ2n) is 5.88. The van der Waals surface area contributed by atoms with Crippen LogP contribution in [0.15, 0.2) is 42.6 Å². The van der Waals surface area contributed by atoms with E-state index in [9.17, 15) is 14.7 Å². The zero-order valence-corrected chi connectivity index (χ0v) is 15.0. The molecule has 2 heterocycles. The van der Waals surface area contributed by atoms with Crippen LogP contribution < -0.4 is 15.0 Å². The number of nitrogens with one attached hydrogen (secondary N) is 1. The number of thioether (sulfide) groups is 1. The Labute approximate surface area is 155 Å². The van der Waals surface area contributed by atoms with Gasteiger partial charge in [-0.25, -0.2) is 4.98 Å². The molecule has 0 aliphatic carbocycles. The SMILES string of the molecule is CN(CCOc1ccc(C[C@@H]2SC(=O)NC2=O)cc1)c1ccc(O)cn1. The van der Waals surface area contributed by atoms with E-state index in [2.05, 4.69) is 10.3 Å². The standard InChI is InChI=1S/C18H19N3O4S/c1-21(16-7-4-13(22)11-19-16)8-9-25-14-5-2-12(3-6-14)10-15-17(23)20-18(24)26-15/h2-7,11,15,22H,8-10H2,1H3,(H,20,23,24)/t15-/m0/s1. The number of likely N-dealkylation sites (N-methyl/N-ethyl adjacent to an activating group) is 1. The van der Waals surface area contributed by atoms with Crippen molar-refractivity contribution < 1.29 is 19.4 Å². The maximum Gasteiger partial charge on any atom is 0.286 e. The molecule has 3 rings (SSSR count). The highest BCUT2D eigenvalue weighted by molar-refractivity contribution is 8.15. The van der Waals surface area contributed by atoms with Crippen molar-refractivity contribution in [2.45, 2.75) is 11.7 Å². The van der Waals surface area contributed by atoms with E-state index in [0.29, 0.717) is 19.6 Å². The molecular weight excluding hydrogens is 354 g/mol. The van der Waals surface area contributed by atoms with Gasteiger partial charge in [0.05, 0.1) is 18.0 Å². The van der Waals surface area contributed by atoms with Crippen molar-refractivity contribution in [3.63, 3.8) is 0 Å². The third kappa shape index (κ3) is 4.66. The number of aromatic hydroxyl groups is 1. The van der Waals surface area contributed by atoms with E-state index in [-0.39, 0.29) is 22.1 Å². The van der Waals surface area contributed by atoms with Gasteiger partial charge in [0.2, 0.25) is 5.91 Å². The third-order valence-electron chi connectivity index (χ3n) is 3.93. The van der Waals surface area contributed by atoms with Crippen LogP contribution in [0.4, 0.5) is 10.6 Å². The van der Waals surface area contributed by atoms with E-state index in [1.54, 1.807) is 12.1 Å². The van der Waals surface area contributed by atoms with Crippen molar-refractivity contribution in [2.24, 2.45) is 0 Å². The van der Waals surface area contributed by atoms with Crippen LogP contribution in [0.3, 0.4) is 0 Å². The van der Waals surface area contributed by atoms with Gasteiger partial charge in [-0.3, -0.25) is 14.9 Å². The van der Waals surface area contributed by atoms with Gasteiger partial charge in [0.25, 0.3) is 5.24 Å². The van der Waals surface area contributed by atoms with E-state index in [1.807, 2.05) is 36.2 Å². The van der Waals surface area contributed by atoms with Crippen LogP contribution in [0.2, 0.25) is 0 Å². The average Bonchev–Trinajstić information content (AvgIpc) is 2.94. The molecule has 26 heavy (non-hydrogen) atoms. The first kappa shape index (κ1) is 18.1. The Morgan fingerprint density at radius 2 is 2.00 bits per heavy atom. The van der Waals surface area contributed by atoms with Gasteiger partial charge in [-0.1, -0.05) is 23.9 Å². The molecule has 8 heteroatoms. The van der Waals surface area contributed by atoms with E-state index in [1.165, 1.54) is 6.20 Å². The number of carbonyl (C=O) groups is 2. The van der Waals surface area contributed by atoms with Crippen molar-refractivity contribution in [1.29, 1.82) is 0 Å². The first-order chi connectivity index (χ1) is 12.5. The highest BCUT2D eigenvalue weighted by Gasteiger charge is 2.31. The predicted octanol–water partition coefficient (Wildman–Crippen LogP) is 2.20. The van der Waals surface area contributed by atoms with Crippen molar-refractivity contribution in [3.8, 4) is 11.5 Å². The summed E-state index contributed by atoms with van der Waals surface area (Å²) in [6.07, 6.45) is 1.92. The third-order valence-corrected chi connectivity index (χ3v) is 4.91. The number of nitrogens with zero attached hydrogens (tertiary/aromatic N) is 2. The normalized spacial score (nSPS) is 16.4. The number of hydrogen-bond donors (Lipinski definition) is 2. The molecule has 2 N–H and O–H groups in total. The monoisotopic (exact) mass is 373 g/mol. The van der Waals surface area contributed by atoms with Crippen LogP contribution in [-0.4, -0.2) is 46.7 Å². The maximum atomic E-state index is 11.6. The molecule has 136 valence electrons. The van der Waals surface area contributed by atoms with Crippen LogP contribution in [0.1, 0.15) is 5.56 Å².